The summed E-state index contributed by atoms with van der Waals surface area (Å²) >= 11 is 0. The van der Waals surface area contributed by atoms with Crippen molar-refractivity contribution in [3.05, 3.63) is 0 Å². The number of carbonyl (C=O) groups is 1. The van der Waals surface area contributed by atoms with E-state index in [0.29, 0.717) is 23.0 Å². The van der Waals surface area contributed by atoms with Crippen LogP contribution in [0.15, 0.2) is 0 Å². The molecule has 0 radical (unpaired) electrons. The lowest BCUT2D eigenvalue weighted by Crippen LogP contribution is -2.55. The standard InChI is InChI=1S/C21H30O2/c1-4-21(23)12-11-19(2)14(13-21)5-6-15-16-7-8-18(22)20(16,3)10-9-17(15)19/h1,14-17,23H,5-13H2,2-3H3/t14-,15?,16?,17?,19-,20-,21+/m0/s1. The predicted octanol–water partition coefficient (Wildman–Crippen LogP) is 3.96. The van der Waals surface area contributed by atoms with Crippen molar-refractivity contribution in [1.29, 1.82) is 0 Å². The topological polar surface area (TPSA) is 37.3 Å². The normalized spacial score (nSPS) is 55.5. The summed E-state index contributed by atoms with van der Waals surface area (Å²) in [7, 11) is 0. The number of rotatable bonds is 0. The first-order valence-electron chi connectivity index (χ1n) is 9.56. The number of fused-ring (bicyclic) bond motifs is 5. The molecule has 4 saturated carbocycles. The molecule has 4 rings (SSSR count). The van der Waals surface area contributed by atoms with E-state index in [9.17, 15) is 9.90 Å². The molecule has 0 amide bonds. The number of hydrogen-bond donors (Lipinski definition) is 1. The number of carbonyl (C=O) groups excluding carboxylic acids is 1. The van der Waals surface area contributed by atoms with Gasteiger partial charge in [0, 0.05) is 11.8 Å². The summed E-state index contributed by atoms with van der Waals surface area (Å²) in [4.78, 5) is 12.4. The summed E-state index contributed by atoms with van der Waals surface area (Å²) in [6.07, 6.45) is 14.8. The minimum absolute atomic E-state index is 0.0292. The molecule has 0 bridgehead atoms. The molecule has 0 aromatic heterocycles. The van der Waals surface area contributed by atoms with Crippen LogP contribution in [0, 0.1) is 46.8 Å². The molecule has 0 aromatic rings. The summed E-state index contributed by atoms with van der Waals surface area (Å²) in [5.74, 6) is 5.81. The minimum atomic E-state index is -0.872. The Labute approximate surface area is 140 Å². The van der Waals surface area contributed by atoms with Crippen molar-refractivity contribution in [2.75, 3.05) is 0 Å². The molecule has 3 unspecified atom stereocenters. The van der Waals surface area contributed by atoms with E-state index in [-0.39, 0.29) is 5.41 Å². The van der Waals surface area contributed by atoms with E-state index >= 15 is 0 Å². The van der Waals surface area contributed by atoms with Crippen LogP contribution in [-0.4, -0.2) is 16.5 Å². The van der Waals surface area contributed by atoms with Gasteiger partial charge in [-0.3, -0.25) is 4.79 Å². The van der Waals surface area contributed by atoms with Gasteiger partial charge in [0.1, 0.15) is 11.4 Å². The van der Waals surface area contributed by atoms with E-state index in [2.05, 4.69) is 19.8 Å². The Morgan fingerprint density at radius 3 is 2.61 bits per heavy atom. The van der Waals surface area contributed by atoms with Crippen molar-refractivity contribution < 1.29 is 9.90 Å². The van der Waals surface area contributed by atoms with Crippen LogP contribution < -0.4 is 0 Å². The van der Waals surface area contributed by atoms with E-state index in [4.69, 9.17) is 6.42 Å². The second-order valence-electron chi connectivity index (χ2n) is 9.45. The molecule has 126 valence electrons. The highest BCUT2D eigenvalue weighted by Gasteiger charge is 2.61. The molecule has 2 nitrogen and oxygen atoms in total. The van der Waals surface area contributed by atoms with Crippen LogP contribution in [0.2, 0.25) is 0 Å². The SMILES string of the molecule is C#C[C@@]1(O)CC[C@]2(C)C3CC[C@]4(C)C(=O)CCC4C3CC[C@H]2C1. The van der Waals surface area contributed by atoms with E-state index < -0.39 is 5.60 Å². The van der Waals surface area contributed by atoms with Crippen molar-refractivity contribution in [2.45, 2.75) is 77.2 Å². The molecule has 0 aromatic carbocycles. The van der Waals surface area contributed by atoms with Crippen LogP contribution >= 0.6 is 0 Å². The van der Waals surface area contributed by atoms with E-state index in [0.717, 1.165) is 50.4 Å². The second-order valence-corrected chi connectivity index (χ2v) is 9.45. The van der Waals surface area contributed by atoms with Gasteiger partial charge in [-0.1, -0.05) is 19.8 Å². The maximum absolute atomic E-state index is 12.4. The van der Waals surface area contributed by atoms with Gasteiger partial charge >= 0.3 is 0 Å². The predicted molar refractivity (Wildman–Crippen MR) is 90.5 cm³/mol. The number of ketones is 1. The zero-order chi connectivity index (χ0) is 16.5. The van der Waals surface area contributed by atoms with Crippen molar-refractivity contribution in [1.82, 2.24) is 0 Å². The highest BCUT2D eigenvalue weighted by Crippen LogP contribution is 2.66. The Morgan fingerprint density at radius 1 is 1.09 bits per heavy atom. The fraction of sp³-hybridized carbons (Fsp3) is 0.857. The molecule has 0 spiro atoms. The monoisotopic (exact) mass is 314 g/mol. The molecule has 0 saturated heterocycles. The highest BCUT2D eigenvalue weighted by atomic mass is 16.3. The third kappa shape index (κ3) is 2.02. The van der Waals surface area contributed by atoms with Gasteiger partial charge in [0.15, 0.2) is 0 Å². The van der Waals surface area contributed by atoms with Crippen LogP contribution in [0.5, 0.6) is 0 Å². The van der Waals surface area contributed by atoms with E-state index in [1.54, 1.807) is 0 Å². The zero-order valence-electron chi connectivity index (χ0n) is 14.6. The molecule has 4 aliphatic rings. The number of aliphatic hydroxyl groups is 1. The first-order valence-corrected chi connectivity index (χ1v) is 9.56. The number of hydrogen-bond acceptors (Lipinski definition) is 2. The molecule has 7 atom stereocenters. The zero-order valence-corrected chi connectivity index (χ0v) is 14.6. The van der Waals surface area contributed by atoms with Crippen LogP contribution in [0.3, 0.4) is 0 Å². The lowest BCUT2D eigenvalue weighted by molar-refractivity contribution is -0.146. The molecule has 1 N–H and O–H groups in total. The summed E-state index contributed by atoms with van der Waals surface area (Å²) in [6.45, 7) is 4.71. The van der Waals surface area contributed by atoms with E-state index in [1.807, 2.05) is 0 Å². The van der Waals surface area contributed by atoms with Crippen molar-refractivity contribution in [2.24, 2.45) is 34.5 Å². The third-order valence-corrected chi connectivity index (χ3v) is 8.70. The minimum Gasteiger partial charge on any atom is -0.378 e. The Morgan fingerprint density at radius 2 is 1.87 bits per heavy atom. The molecular formula is C21H30O2. The van der Waals surface area contributed by atoms with Crippen molar-refractivity contribution >= 4 is 5.78 Å². The summed E-state index contributed by atoms with van der Waals surface area (Å²) in [5, 5.41) is 10.6. The van der Waals surface area contributed by atoms with Crippen LogP contribution in [0.25, 0.3) is 0 Å². The van der Waals surface area contributed by atoms with Crippen molar-refractivity contribution in [3.63, 3.8) is 0 Å². The molecule has 2 heteroatoms. The smallest absolute Gasteiger partial charge is 0.139 e. The Balaban J connectivity index is 1.62. The first kappa shape index (κ1) is 15.7. The van der Waals surface area contributed by atoms with Gasteiger partial charge in [-0.2, -0.15) is 0 Å². The van der Waals surface area contributed by atoms with Gasteiger partial charge in [-0.05, 0) is 80.5 Å². The molecule has 4 aliphatic carbocycles. The van der Waals surface area contributed by atoms with Gasteiger partial charge in [0.25, 0.3) is 0 Å². The average molecular weight is 314 g/mol. The molecule has 0 heterocycles. The van der Waals surface area contributed by atoms with Crippen LogP contribution in [0.1, 0.15) is 71.6 Å². The van der Waals surface area contributed by atoms with Crippen LogP contribution in [0.4, 0.5) is 0 Å². The number of Topliss-reactive ketones (excluding diaryl/α,β-unsaturated/α-hetero) is 1. The fourth-order valence-corrected chi connectivity index (χ4v) is 7.15. The highest BCUT2D eigenvalue weighted by molar-refractivity contribution is 5.87. The van der Waals surface area contributed by atoms with Gasteiger partial charge in [0.05, 0.1) is 0 Å². The Bertz CT molecular complexity index is 575. The quantitative estimate of drug-likeness (QED) is 0.687. The molecular weight excluding hydrogens is 284 g/mol. The van der Waals surface area contributed by atoms with Crippen molar-refractivity contribution in [3.8, 4) is 12.3 Å². The lowest BCUT2D eigenvalue weighted by atomic mass is 9.44. The Kier molecular flexibility index (Phi) is 3.31. The van der Waals surface area contributed by atoms with Gasteiger partial charge in [0.2, 0.25) is 0 Å². The van der Waals surface area contributed by atoms with Gasteiger partial charge in [-0.25, -0.2) is 0 Å². The largest absolute Gasteiger partial charge is 0.378 e. The van der Waals surface area contributed by atoms with Gasteiger partial charge < -0.3 is 5.11 Å². The molecule has 4 fully saturated rings. The number of terminal acetylenes is 1. The van der Waals surface area contributed by atoms with Gasteiger partial charge in [-0.15, -0.1) is 6.42 Å². The summed E-state index contributed by atoms with van der Waals surface area (Å²) in [5.41, 5.74) is -0.582. The maximum atomic E-state index is 12.4. The lowest BCUT2D eigenvalue weighted by Gasteiger charge is -2.60. The third-order valence-electron chi connectivity index (χ3n) is 8.70. The fourth-order valence-electron chi connectivity index (χ4n) is 7.15. The first-order chi connectivity index (χ1) is 10.8. The maximum Gasteiger partial charge on any atom is 0.139 e. The Hall–Kier alpha value is -0.810. The molecule has 23 heavy (non-hydrogen) atoms. The van der Waals surface area contributed by atoms with Crippen LogP contribution in [-0.2, 0) is 4.79 Å². The second kappa shape index (κ2) is 4.85. The summed E-state index contributed by atoms with van der Waals surface area (Å²) < 4.78 is 0. The molecule has 0 aliphatic heterocycles. The average Bonchev–Trinajstić information content (AvgIpc) is 2.84. The summed E-state index contributed by atoms with van der Waals surface area (Å²) in [6, 6.07) is 0. The van der Waals surface area contributed by atoms with E-state index in [1.165, 1.54) is 19.3 Å².